The third-order valence-corrected chi connectivity index (χ3v) is 2.95. The molecule has 0 aliphatic rings. The molecule has 2 aromatic rings. The number of para-hydroxylation sites is 1. The Morgan fingerprint density at radius 3 is 2.55 bits per heavy atom. The molecule has 0 aliphatic heterocycles. The Balaban J connectivity index is 2.34. The smallest absolute Gasteiger partial charge is 0.326 e. The van der Waals surface area contributed by atoms with Crippen LogP contribution in [0.4, 0.5) is 11.5 Å². The van der Waals surface area contributed by atoms with Crippen molar-refractivity contribution in [3.63, 3.8) is 0 Å². The summed E-state index contributed by atoms with van der Waals surface area (Å²) >= 11 is 0. The number of benzene rings is 1. The van der Waals surface area contributed by atoms with E-state index >= 15 is 0 Å². The van der Waals surface area contributed by atoms with Crippen LogP contribution < -0.4 is 10.6 Å². The number of hydrogen-bond acceptors (Lipinski definition) is 5. The maximum absolute atomic E-state index is 12.7. The number of nitrogen functional groups attached to an aromatic ring is 1. The number of anilines is 2. The molecule has 1 amide bonds. The number of nitrogens with zero attached hydrogens (tertiary/aromatic N) is 2. The summed E-state index contributed by atoms with van der Waals surface area (Å²) in [5.74, 6) is -0.537. The van der Waals surface area contributed by atoms with Gasteiger partial charge in [0, 0.05) is 11.9 Å². The third-order valence-electron chi connectivity index (χ3n) is 2.95. The second-order valence-electron chi connectivity index (χ2n) is 4.47. The predicted molar refractivity (Wildman–Crippen MR) is 83.4 cm³/mol. The van der Waals surface area contributed by atoms with Crippen molar-refractivity contribution in [2.75, 3.05) is 23.8 Å². The quantitative estimate of drug-likeness (QED) is 0.673. The number of pyridine rings is 1. The van der Waals surface area contributed by atoms with E-state index in [9.17, 15) is 9.59 Å². The molecule has 114 valence electrons. The molecule has 0 unspecified atom stereocenters. The van der Waals surface area contributed by atoms with Crippen LogP contribution >= 0.6 is 0 Å². The zero-order valence-corrected chi connectivity index (χ0v) is 12.2. The predicted octanol–water partition coefficient (Wildman–Crippen LogP) is 1.87. The zero-order chi connectivity index (χ0) is 15.9. The van der Waals surface area contributed by atoms with Gasteiger partial charge in [-0.2, -0.15) is 0 Å². The van der Waals surface area contributed by atoms with Gasteiger partial charge < -0.3 is 10.5 Å². The summed E-state index contributed by atoms with van der Waals surface area (Å²) in [5, 5.41) is 0. The minimum Gasteiger partial charge on any atom is -0.465 e. The molecule has 0 saturated heterocycles. The van der Waals surface area contributed by atoms with E-state index in [1.807, 2.05) is 0 Å². The summed E-state index contributed by atoms with van der Waals surface area (Å²) in [6.07, 6.45) is 1.55. The first-order chi connectivity index (χ1) is 10.6. The number of amides is 1. The zero-order valence-electron chi connectivity index (χ0n) is 12.2. The molecule has 6 nitrogen and oxygen atoms in total. The maximum Gasteiger partial charge on any atom is 0.326 e. The number of carbonyl (C=O) groups excluding carboxylic acids is 2. The molecule has 0 fully saturated rings. The van der Waals surface area contributed by atoms with Gasteiger partial charge in [0.1, 0.15) is 12.4 Å². The molecule has 2 N–H and O–H groups in total. The van der Waals surface area contributed by atoms with Crippen molar-refractivity contribution >= 4 is 23.4 Å². The van der Waals surface area contributed by atoms with Crippen LogP contribution in [-0.4, -0.2) is 30.0 Å². The number of hydrogen-bond donors (Lipinski definition) is 1. The van der Waals surface area contributed by atoms with E-state index in [1.54, 1.807) is 55.6 Å². The van der Waals surface area contributed by atoms with Gasteiger partial charge in [-0.15, -0.1) is 0 Å². The number of rotatable bonds is 5. The summed E-state index contributed by atoms with van der Waals surface area (Å²) in [6.45, 7) is 1.73. The summed E-state index contributed by atoms with van der Waals surface area (Å²) in [6, 6.07) is 11.8. The van der Waals surface area contributed by atoms with E-state index in [-0.39, 0.29) is 13.2 Å². The molecule has 0 radical (unpaired) electrons. The van der Waals surface area contributed by atoms with Crippen LogP contribution in [0, 0.1) is 0 Å². The molecule has 1 heterocycles. The van der Waals surface area contributed by atoms with Crippen LogP contribution in [0.15, 0.2) is 48.7 Å². The first-order valence-corrected chi connectivity index (χ1v) is 6.86. The lowest BCUT2D eigenvalue weighted by atomic mass is 10.1. The van der Waals surface area contributed by atoms with Gasteiger partial charge in [0.15, 0.2) is 0 Å². The number of aromatic nitrogens is 1. The summed E-state index contributed by atoms with van der Waals surface area (Å²) in [4.78, 5) is 29.9. The van der Waals surface area contributed by atoms with Gasteiger partial charge >= 0.3 is 5.97 Å². The molecule has 1 aromatic carbocycles. The molecule has 1 aromatic heterocycles. The van der Waals surface area contributed by atoms with E-state index in [4.69, 9.17) is 10.5 Å². The molecule has 2 rings (SSSR count). The normalized spacial score (nSPS) is 10.0. The third kappa shape index (κ3) is 3.60. The van der Waals surface area contributed by atoms with Gasteiger partial charge in [0.05, 0.1) is 12.2 Å². The minimum atomic E-state index is -0.504. The molecular formula is C16H17N3O3. The number of nitrogens with two attached hydrogens (primary N) is 1. The Morgan fingerprint density at radius 1 is 1.18 bits per heavy atom. The fraction of sp³-hybridized carbons (Fsp3) is 0.188. The lowest BCUT2D eigenvalue weighted by molar-refractivity contribution is -0.141. The first kappa shape index (κ1) is 15.5. The Morgan fingerprint density at radius 2 is 1.91 bits per heavy atom. The van der Waals surface area contributed by atoms with Crippen molar-refractivity contribution in [2.24, 2.45) is 0 Å². The van der Waals surface area contributed by atoms with Crippen LogP contribution in [0.1, 0.15) is 17.3 Å². The molecule has 0 atom stereocenters. The van der Waals surface area contributed by atoms with Crippen LogP contribution in [-0.2, 0) is 9.53 Å². The maximum atomic E-state index is 12.7. The van der Waals surface area contributed by atoms with Crippen molar-refractivity contribution < 1.29 is 14.3 Å². The lowest BCUT2D eigenvalue weighted by Gasteiger charge is -2.21. The number of ether oxygens (including phenoxy) is 1. The summed E-state index contributed by atoms with van der Waals surface area (Å²) in [5.41, 5.74) is 6.50. The average Bonchev–Trinajstić information content (AvgIpc) is 2.53. The molecule has 6 heteroatoms. The van der Waals surface area contributed by atoms with E-state index in [0.717, 1.165) is 0 Å². The minimum absolute atomic E-state index is 0.224. The SMILES string of the molecule is CCOC(=O)CN(C(=O)c1ccccc1N)c1ccccn1. The second-order valence-corrected chi connectivity index (χ2v) is 4.47. The fourth-order valence-electron chi connectivity index (χ4n) is 1.94. The van der Waals surface area contributed by atoms with Crippen LogP contribution in [0.5, 0.6) is 0 Å². The van der Waals surface area contributed by atoms with Gasteiger partial charge in [-0.25, -0.2) is 4.98 Å². The molecule has 0 aliphatic carbocycles. The topological polar surface area (TPSA) is 85.5 Å². The van der Waals surface area contributed by atoms with Gasteiger partial charge in [-0.3, -0.25) is 14.5 Å². The second kappa shape index (κ2) is 7.21. The highest BCUT2D eigenvalue weighted by Gasteiger charge is 2.23. The van der Waals surface area contributed by atoms with E-state index < -0.39 is 11.9 Å². The summed E-state index contributed by atoms with van der Waals surface area (Å²) < 4.78 is 4.92. The molecular weight excluding hydrogens is 282 g/mol. The lowest BCUT2D eigenvalue weighted by Crippen LogP contribution is -2.37. The molecule has 0 saturated carbocycles. The van der Waals surface area contributed by atoms with E-state index in [0.29, 0.717) is 17.1 Å². The van der Waals surface area contributed by atoms with Crippen molar-refractivity contribution in [3.05, 3.63) is 54.2 Å². The van der Waals surface area contributed by atoms with Crippen molar-refractivity contribution in [1.29, 1.82) is 0 Å². The Kier molecular flexibility index (Phi) is 5.08. The highest BCUT2D eigenvalue weighted by atomic mass is 16.5. The van der Waals surface area contributed by atoms with Crippen LogP contribution in [0.25, 0.3) is 0 Å². The van der Waals surface area contributed by atoms with Gasteiger partial charge in [0.25, 0.3) is 5.91 Å². The Bertz CT molecular complexity index is 659. The number of carbonyl (C=O) groups is 2. The van der Waals surface area contributed by atoms with Crippen LogP contribution in [0.2, 0.25) is 0 Å². The highest BCUT2D eigenvalue weighted by Crippen LogP contribution is 2.18. The van der Waals surface area contributed by atoms with Crippen molar-refractivity contribution in [3.8, 4) is 0 Å². The summed E-state index contributed by atoms with van der Waals surface area (Å²) in [7, 11) is 0. The standard InChI is InChI=1S/C16H17N3O3/c1-2-22-15(20)11-19(14-9-5-6-10-18-14)16(21)12-7-3-4-8-13(12)17/h3-10H,2,11,17H2,1H3. The molecule has 0 spiro atoms. The monoisotopic (exact) mass is 299 g/mol. The van der Waals surface area contributed by atoms with Gasteiger partial charge in [0.2, 0.25) is 0 Å². The van der Waals surface area contributed by atoms with Gasteiger partial charge in [-0.05, 0) is 31.2 Å². The fourth-order valence-corrected chi connectivity index (χ4v) is 1.94. The van der Waals surface area contributed by atoms with E-state index in [2.05, 4.69) is 4.98 Å². The van der Waals surface area contributed by atoms with E-state index in [1.165, 1.54) is 4.90 Å². The van der Waals surface area contributed by atoms with Gasteiger partial charge in [-0.1, -0.05) is 18.2 Å². The van der Waals surface area contributed by atoms with Crippen molar-refractivity contribution in [1.82, 2.24) is 4.98 Å². The van der Waals surface area contributed by atoms with Crippen molar-refractivity contribution in [2.45, 2.75) is 6.92 Å². The molecule has 22 heavy (non-hydrogen) atoms. The largest absolute Gasteiger partial charge is 0.465 e. The molecule has 0 bridgehead atoms. The average molecular weight is 299 g/mol. The first-order valence-electron chi connectivity index (χ1n) is 6.86. The van der Waals surface area contributed by atoms with Crippen LogP contribution in [0.3, 0.4) is 0 Å². The number of esters is 1. The Hall–Kier alpha value is -2.89. The Labute approximate surface area is 128 Å². The highest BCUT2D eigenvalue weighted by molar-refractivity contribution is 6.10.